The van der Waals surface area contributed by atoms with Crippen molar-refractivity contribution in [2.24, 2.45) is 0 Å². The van der Waals surface area contributed by atoms with Crippen LogP contribution >= 0.6 is 11.6 Å². The fourth-order valence-corrected chi connectivity index (χ4v) is 2.84. The summed E-state index contributed by atoms with van der Waals surface area (Å²) in [5.41, 5.74) is -0.965. The van der Waals surface area contributed by atoms with Gasteiger partial charge in [-0.2, -0.15) is 23.0 Å². The molecule has 31 heavy (non-hydrogen) atoms. The number of rotatable bonds is 8. The van der Waals surface area contributed by atoms with E-state index in [1.807, 2.05) is 18.2 Å². The van der Waals surface area contributed by atoms with Crippen LogP contribution in [0.5, 0.6) is 11.6 Å². The van der Waals surface area contributed by atoms with Crippen LogP contribution in [0.1, 0.15) is 12.6 Å². The predicted molar refractivity (Wildman–Crippen MR) is 109 cm³/mol. The maximum atomic E-state index is 13.1. The summed E-state index contributed by atoms with van der Waals surface area (Å²) in [6.07, 6.45) is -5.01. The van der Waals surface area contributed by atoms with Gasteiger partial charge in [-0.15, -0.1) is 0 Å². The summed E-state index contributed by atoms with van der Waals surface area (Å²) >= 11 is 6.08. The number of carbonyl (C=O) groups is 1. The summed E-state index contributed by atoms with van der Waals surface area (Å²) < 4.78 is 51.3. The number of nitrogens with zero attached hydrogens (tertiary/aromatic N) is 2. The molecule has 10 heteroatoms. The van der Waals surface area contributed by atoms with E-state index in [-0.39, 0.29) is 29.2 Å². The number of aromatic nitrogens is 2. The van der Waals surface area contributed by atoms with Crippen molar-refractivity contribution >= 4 is 17.5 Å². The summed E-state index contributed by atoms with van der Waals surface area (Å²) in [4.78, 5) is 12.1. The molecule has 0 saturated carbocycles. The lowest BCUT2D eigenvalue weighted by Gasteiger charge is -2.15. The summed E-state index contributed by atoms with van der Waals surface area (Å²) in [7, 11) is 0. The highest BCUT2D eigenvalue weighted by Gasteiger charge is 2.36. The molecule has 2 aromatic carbocycles. The lowest BCUT2D eigenvalue weighted by Crippen LogP contribution is -2.36. The van der Waals surface area contributed by atoms with E-state index in [1.165, 1.54) is 12.1 Å². The Morgan fingerprint density at radius 1 is 1.16 bits per heavy atom. The molecule has 164 valence electrons. The summed E-state index contributed by atoms with van der Waals surface area (Å²) in [6.45, 7) is 1.45. The van der Waals surface area contributed by atoms with Crippen molar-refractivity contribution < 1.29 is 27.4 Å². The third kappa shape index (κ3) is 6.14. The molecule has 1 unspecified atom stereocenters. The Morgan fingerprint density at radius 3 is 2.52 bits per heavy atom. The van der Waals surface area contributed by atoms with Crippen LogP contribution < -0.4 is 14.8 Å². The van der Waals surface area contributed by atoms with Crippen molar-refractivity contribution in [3.05, 3.63) is 71.4 Å². The molecule has 6 nitrogen and oxygen atoms in total. The van der Waals surface area contributed by atoms with E-state index in [1.54, 1.807) is 31.2 Å². The molecule has 1 amide bonds. The molecule has 0 aliphatic heterocycles. The van der Waals surface area contributed by atoms with E-state index < -0.39 is 24.4 Å². The zero-order valence-corrected chi connectivity index (χ0v) is 17.2. The molecule has 1 atom stereocenters. The van der Waals surface area contributed by atoms with Crippen molar-refractivity contribution in [2.75, 3.05) is 13.2 Å². The molecule has 1 N–H and O–H groups in total. The Hall–Kier alpha value is -3.20. The number of hydrogen-bond acceptors (Lipinski definition) is 4. The highest BCUT2D eigenvalue weighted by molar-refractivity contribution is 6.32. The standard InChI is InChI=1S/C21H19ClF3N3O3/c1-14(31-15-7-3-2-4-8-15)12-26-19(29)13-30-20-11-18(21(23,24)25)27-28(20)17-10-6-5-9-16(17)22/h2-11,14H,12-13H2,1H3,(H,26,29). The fraction of sp³-hybridized carbons (Fsp3) is 0.238. The minimum Gasteiger partial charge on any atom is -0.489 e. The van der Waals surface area contributed by atoms with Gasteiger partial charge in [0.25, 0.3) is 5.91 Å². The Morgan fingerprint density at radius 2 is 1.84 bits per heavy atom. The van der Waals surface area contributed by atoms with Crippen LogP contribution in [0.4, 0.5) is 13.2 Å². The van der Waals surface area contributed by atoms with E-state index in [4.69, 9.17) is 21.1 Å². The smallest absolute Gasteiger partial charge is 0.435 e. The van der Waals surface area contributed by atoms with Gasteiger partial charge < -0.3 is 14.8 Å². The maximum absolute atomic E-state index is 13.1. The predicted octanol–water partition coefficient (Wildman–Crippen LogP) is 4.51. The molecular weight excluding hydrogens is 435 g/mol. The Balaban J connectivity index is 1.63. The number of ether oxygens (including phenoxy) is 2. The maximum Gasteiger partial charge on any atom is 0.435 e. The SMILES string of the molecule is CC(CNC(=O)COc1cc(C(F)(F)F)nn1-c1ccccc1Cl)Oc1ccccc1. The van der Waals surface area contributed by atoms with Crippen molar-refractivity contribution in [1.82, 2.24) is 15.1 Å². The molecule has 0 radical (unpaired) electrons. The molecular formula is C21H19ClF3N3O3. The van der Waals surface area contributed by atoms with Gasteiger partial charge in [0.15, 0.2) is 12.3 Å². The number of nitrogens with one attached hydrogen (secondary N) is 1. The highest BCUT2D eigenvalue weighted by atomic mass is 35.5. The number of alkyl halides is 3. The van der Waals surface area contributed by atoms with Gasteiger partial charge in [-0.25, -0.2) is 0 Å². The first kappa shape index (κ1) is 22.5. The highest BCUT2D eigenvalue weighted by Crippen LogP contribution is 2.33. The minimum atomic E-state index is -4.68. The first-order chi connectivity index (χ1) is 14.7. The lowest BCUT2D eigenvalue weighted by atomic mass is 10.3. The van der Waals surface area contributed by atoms with Crippen LogP contribution in [-0.2, 0) is 11.0 Å². The normalized spacial score (nSPS) is 12.3. The third-order valence-corrected chi connectivity index (χ3v) is 4.39. The van der Waals surface area contributed by atoms with E-state index in [2.05, 4.69) is 10.4 Å². The molecule has 0 saturated heterocycles. The van der Waals surface area contributed by atoms with Crippen LogP contribution in [0.3, 0.4) is 0 Å². The molecule has 1 aromatic heterocycles. The molecule has 0 spiro atoms. The minimum absolute atomic E-state index is 0.181. The van der Waals surface area contributed by atoms with Gasteiger partial charge in [-0.3, -0.25) is 4.79 Å². The first-order valence-electron chi connectivity index (χ1n) is 9.27. The third-order valence-electron chi connectivity index (χ3n) is 4.07. The van der Waals surface area contributed by atoms with Crippen molar-refractivity contribution in [3.8, 4) is 17.3 Å². The zero-order chi connectivity index (χ0) is 22.4. The van der Waals surface area contributed by atoms with Gasteiger partial charge >= 0.3 is 6.18 Å². The molecule has 0 bridgehead atoms. The Labute approximate surface area is 181 Å². The van der Waals surface area contributed by atoms with Crippen LogP contribution in [0.25, 0.3) is 5.69 Å². The number of para-hydroxylation sites is 2. The molecule has 1 heterocycles. The monoisotopic (exact) mass is 453 g/mol. The molecule has 3 aromatic rings. The molecule has 0 aliphatic rings. The average molecular weight is 454 g/mol. The molecule has 0 fully saturated rings. The summed E-state index contributed by atoms with van der Waals surface area (Å²) in [5.74, 6) is -0.128. The second kappa shape index (κ2) is 9.74. The van der Waals surface area contributed by atoms with Crippen molar-refractivity contribution in [2.45, 2.75) is 19.2 Å². The van der Waals surface area contributed by atoms with Gasteiger partial charge in [-0.1, -0.05) is 41.9 Å². The molecule has 3 rings (SSSR count). The van der Waals surface area contributed by atoms with Crippen LogP contribution in [-0.4, -0.2) is 34.9 Å². The molecule has 0 aliphatic carbocycles. The van der Waals surface area contributed by atoms with Crippen LogP contribution in [0, 0.1) is 0 Å². The van der Waals surface area contributed by atoms with E-state index in [0.717, 1.165) is 10.7 Å². The first-order valence-corrected chi connectivity index (χ1v) is 9.65. The van der Waals surface area contributed by atoms with E-state index >= 15 is 0 Å². The second-order valence-electron chi connectivity index (χ2n) is 6.56. The topological polar surface area (TPSA) is 65.4 Å². The number of carbonyl (C=O) groups excluding carboxylic acids is 1. The van der Waals surface area contributed by atoms with Crippen molar-refractivity contribution in [3.63, 3.8) is 0 Å². The van der Waals surface area contributed by atoms with Gasteiger partial charge in [0.2, 0.25) is 5.88 Å². The Kier molecular flexibility index (Phi) is 7.06. The average Bonchev–Trinajstić information content (AvgIpc) is 3.16. The zero-order valence-electron chi connectivity index (χ0n) is 16.4. The number of benzene rings is 2. The number of halogens is 4. The number of amides is 1. The van der Waals surface area contributed by atoms with Gasteiger partial charge in [0.05, 0.1) is 17.3 Å². The summed E-state index contributed by atoms with van der Waals surface area (Å²) in [6, 6.07) is 16.0. The van der Waals surface area contributed by atoms with Crippen LogP contribution in [0.2, 0.25) is 5.02 Å². The van der Waals surface area contributed by atoms with E-state index in [9.17, 15) is 18.0 Å². The van der Waals surface area contributed by atoms with E-state index in [0.29, 0.717) is 5.75 Å². The quantitative estimate of drug-likeness (QED) is 0.545. The Bertz CT molecular complexity index is 1030. The van der Waals surface area contributed by atoms with Gasteiger partial charge in [0.1, 0.15) is 11.9 Å². The van der Waals surface area contributed by atoms with Crippen LogP contribution in [0.15, 0.2) is 60.7 Å². The van der Waals surface area contributed by atoms with Gasteiger partial charge in [0, 0.05) is 6.07 Å². The van der Waals surface area contributed by atoms with Crippen molar-refractivity contribution in [1.29, 1.82) is 0 Å². The second-order valence-corrected chi connectivity index (χ2v) is 6.97. The lowest BCUT2D eigenvalue weighted by molar-refractivity contribution is -0.141. The largest absolute Gasteiger partial charge is 0.489 e. The fourth-order valence-electron chi connectivity index (χ4n) is 2.62. The van der Waals surface area contributed by atoms with Gasteiger partial charge in [-0.05, 0) is 31.2 Å². The number of hydrogen-bond donors (Lipinski definition) is 1. The summed E-state index contributed by atoms with van der Waals surface area (Å²) in [5, 5.41) is 6.34.